The van der Waals surface area contributed by atoms with Gasteiger partial charge >= 0.3 is 0 Å². The fraction of sp³-hybridized carbons (Fsp3) is 0.615. The third-order valence-corrected chi connectivity index (χ3v) is 5.63. The normalized spacial score (nSPS) is 27.2. The van der Waals surface area contributed by atoms with Crippen LogP contribution in [0.2, 0.25) is 0 Å². The summed E-state index contributed by atoms with van der Waals surface area (Å²) in [6, 6.07) is 2.80. The molecule has 0 radical (unpaired) electrons. The van der Waals surface area contributed by atoms with E-state index < -0.39 is 0 Å². The van der Waals surface area contributed by atoms with Gasteiger partial charge in [-0.1, -0.05) is 18.7 Å². The second kappa shape index (κ2) is 5.44. The standard InChI is InChI=1S/C13H20N2S2/c1-8-5-12(17-11(8)4)6-14-13-15-10(3)9(2)7-16-13/h5,9-10H,6-7H2,1-4H3,(H,14,15). The molecule has 1 N–H and O–H groups in total. The Morgan fingerprint density at radius 3 is 2.76 bits per heavy atom. The van der Waals surface area contributed by atoms with Crippen molar-refractivity contribution >= 4 is 28.3 Å². The molecule has 2 atom stereocenters. The number of thiophene rings is 1. The Morgan fingerprint density at radius 2 is 2.18 bits per heavy atom. The molecular formula is C13H20N2S2. The first-order chi connectivity index (χ1) is 8.06. The van der Waals surface area contributed by atoms with Crippen LogP contribution in [0.5, 0.6) is 0 Å². The smallest absolute Gasteiger partial charge is 0.157 e. The Balaban J connectivity index is 1.97. The third-order valence-electron chi connectivity index (χ3n) is 3.28. The Labute approximate surface area is 112 Å². The van der Waals surface area contributed by atoms with E-state index in [1.165, 1.54) is 21.1 Å². The molecule has 2 nitrogen and oxygen atoms in total. The maximum Gasteiger partial charge on any atom is 0.157 e. The van der Waals surface area contributed by atoms with E-state index in [4.69, 9.17) is 0 Å². The number of hydrogen-bond donors (Lipinski definition) is 1. The fourth-order valence-electron chi connectivity index (χ4n) is 1.70. The van der Waals surface area contributed by atoms with Crippen LogP contribution < -0.4 is 5.32 Å². The quantitative estimate of drug-likeness (QED) is 0.886. The van der Waals surface area contributed by atoms with Crippen molar-refractivity contribution in [3.05, 3.63) is 21.4 Å². The molecule has 0 bridgehead atoms. The molecule has 2 heterocycles. The minimum absolute atomic E-state index is 0.543. The summed E-state index contributed by atoms with van der Waals surface area (Å²) in [7, 11) is 0. The summed E-state index contributed by atoms with van der Waals surface area (Å²) in [5, 5.41) is 4.59. The fourth-order valence-corrected chi connectivity index (χ4v) is 3.81. The van der Waals surface area contributed by atoms with Crippen molar-refractivity contribution in [3.63, 3.8) is 0 Å². The van der Waals surface area contributed by atoms with Crippen molar-refractivity contribution in [1.82, 2.24) is 5.32 Å². The Hall–Kier alpha value is -0.480. The Bertz CT molecular complexity index is 404. The summed E-state index contributed by atoms with van der Waals surface area (Å²) in [4.78, 5) is 7.44. The predicted octanol–water partition coefficient (Wildman–Crippen LogP) is 3.58. The molecule has 17 heavy (non-hydrogen) atoms. The number of rotatable bonds is 2. The molecule has 2 unspecified atom stereocenters. The first kappa shape index (κ1) is 13.0. The van der Waals surface area contributed by atoms with Crippen molar-refractivity contribution in [2.45, 2.75) is 40.3 Å². The molecule has 1 aromatic rings. The first-order valence-corrected chi connectivity index (χ1v) is 7.86. The zero-order valence-corrected chi connectivity index (χ0v) is 12.5. The van der Waals surface area contributed by atoms with Crippen LogP contribution in [0.15, 0.2) is 11.1 Å². The molecule has 0 aliphatic carbocycles. The monoisotopic (exact) mass is 268 g/mol. The summed E-state index contributed by atoms with van der Waals surface area (Å²) in [6.07, 6.45) is 0. The lowest BCUT2D eigenvalue weighted by Gasteiger charge is -2.28. The Kier molecular flexibility index (Phi) is 4.15. The highest BCUT2D eigenvalue weighted by Gasteiger charge is 2.20. The van der Waals surface area contributed by atoms with E-state index >= 15 is 0 Å². The third kappa shape index (κ3) is 3.26. The summed E-state index contributed by atoms with van der Waals surface area (Å²) in [5.74, 6) is 1.90. The number of nitrogens with zero attached hydrogens (tertiary/aromatic N) is 1. The van der Waals surface area contributed by atoms with Crippen LogP contribution in [0.25, 0.3) is 0 Å². The molecule has 1 saturated heterocycles. The highest BCUT2D eigenvalue weighted by Crippen LogP contribution is 2.23. The molecule has 1 aromatic heterocycles. The first-order valence-electron chi connectivity index (χ1n) is 6.06. The lowest BCUT2D eigenvalue weighted by atomic mass is 10.1. The van der Waals surface area contributed by atoms with Crippen molar-refractivity contribution in [1.29, 1.82) is 0 Å². The van der Waals surface area contributed by atoms with Gasteiger partial charge in [-0.15, -0.1) is 11.3 Å². The largest absolute Gasteiger partial charge is 0.362 e. The SMILES string of the molecule is Cc1cc(CN=C2NC(C)C(C)CS2)sc1C. The summed E-state index contributed by atoms with van der Waals surface area (Å²) >= 11 is 3.71. The number of hydrogen-bond acceptors (Lipinski definition) is 3. The van der Waals surface area contributed by atoms with Crippen LogP contribution in [-0.2, 0) is 6.54 Å². The molecular weight excluding hydrogens is 248 g/mol. The van der Waals surface area contributed by atoms with E-state index in [1.807, 2.05) is 23.1 Å². The van der Waals surface area contributed by atoms with Gasteiger partial charge in [0.25, 0.3) is 0 Å². The average molecular weight is 268 g/mol. The molecule has 0 saturated carbocycles. The number of aryl methyl sites for hydroxylation is 2. The highest BCUT2D eigenvalue weighted by atomic mass is 32.2. The van der Waals surface area contributed by atoms with E-state index in [0.29, 0.717) is 6.04 Å². The summed E-state index contributed by atoms with van der Waals surface area (Å²) in [6.45, 7) is 9.68. The molecule has 2 rings (SSSR count). The zero-order valence-electron chi connectivity index (χ0n) is 10.9. The van der Waals surface area contributed by atoms with Crippen LogP contribution in [0, 0.1) is 19.8 Å². The van der Waals surface area contributed by atoms with Gasteiger partial charge in [0.15, 0.2) is 5.17 Å². The maximum absolute atomic E-state index is 4.67. The van der Waals surface area contributed by atoms with E-state index in [9.17, 15) is 0 Å². The van der Waals surface area contributed by atoms with Gasteiger partial charge < -0.3 is 5.32 Å². The molecule has 0 aromatic carbocycles. The van der Waals surface area contributed by atoms with Gasteiger partial charge in [0.05, 0.1) is 6.54 Å². The zero-order chi connectivity index (χ0) is 12.4. The Morgan fingerprint density at radius 1 is 1.41 bits per heavy atom. The van der Waals surface area contributed by atoms with E-state index in [1.54, 1.807) is 0 Å². The van der Waals surface area contributed by atoms with Crippen LogP contribution >= 0.6 is 23.1 Å². The highest BCUT2D eigenvalue weighted by molar-refractivity contribution is 8.13. The second-order valence-electron chi connectivity index (χ2n) is 4.79. The van der Waals surface area contributed by atoms with Gasteiger partial charge in [0.1, 0.15) is 0 Å². The second-order valence-corrected chi connectivity index (χ2v) is 7.14. The van der Waals surface area contributed by atoms with Crippen molar-refractivity contribution in [2.24, 2.45) is 10.9 Å². The maximum atomic E-state index is 4.67. The molecule has 94 valence electrons. The molecule has 1 aliphatic heterocycles. The topological polar surface area (TPSA) is 24.4 Å². The van der Waals surface area contributed by atoms with E-state index in [0.717, 1.165) is 17.6 Å². The van der Waals surface area contributed by atoms with Crippen molar-refractivity contribution in [2.75, 3.05) is 5.75 Å². The van der Waals surface area contributed by atoms with E-state index in [2.05, 4.69) is 44.1 Å². The summed E-state index contributed by atoms with van der Waals surface area (Å²) < 4.78 is 0. The van der Waals surface area contributed by atoms with Crippen molar-refractivity contribution < 1.29 is 0 Å². The number of nitrogens with one attached hydrogen (secondary N) is 1. The van der Waals surface area contributed by atoms with E-state index in [-0.39, 0.29) is 0 Å². The van der Waals surface area contributed by atoms with Gasteiger partial charge in [0, 0.05) is 21.5 Å². The molecule has 0 amide bonds. The van der Waals surface area contributed by atoms with Gasteiger partial charge in [0.2, 0.25) is 0 Å². The average Bonchev–Trinajstić information content (AvgIpc) is 2.60. The number of aliphatic imine (C=N–C) groups is 1. The van der Waals surface area contributed by atoms with Gasteiger partial charge in [-0.2, -0.15) is 0 Å². The lowest BCUT2D eigenvalue weighted by Crippen LogP contribution is -2.41. The van der Waals surface area contributed by atoms with Crippen LogP contribution in [0.4, 0.5) is 0 Å². The molecule has 1 fully saturated rings. The minimum Gasteiger partial charge on any atom is -0.362 e. The van der Waals surface area contributed by atoms with Crippen molar-refractivity contribution in [3.8, 4) is 0 Å². The number of thioether (sulfide) groups is 1. The molecule has 1 aliphatic rings. The van der Waals surface area contributed by atoms with Gasteiger partial charge in [-0.3, -0.25) is 4.99 Å². The van der Waals surface area contributed by atoms with Crippen LogP contribution in [0.3, 0.4) is 0 Å². The van der Waals surface area contributed by atoms with Gasteiger partial charge in [-0.25, -0.2) is 0 Å². The number of amidine groups is 1. The summed E-state index contributed by atoms with van der Waals surface area (Å²) in [5.41, 5.74) is 1.39. The molecule has 4 heteroatoms. The predicted molar refractivity (Wildman–Crippen MR) is 79.2 cm³/mol. The lowest BCUT2D eigenvalue weighted by molar-refractivity contribution is 0.490. The van der Waals surface area contributed by atoms with Crippen LogP contribution in [-0.4, -0.2) is 17.0 Å². The minimum atomic E-state index is 0.543. The van der Waals surface area contributed by atoms with Crippen LogP contribution in [0.1, 0.15) is 29.2 Å². The van der Waals surface area contributed by atoms with Gasteiger partial charge in [-0.05, 0) is 38.3 Å². The molecule has 0 spiro atoms.